The Balaban J connectivity index is 0.000000135. The summed E-state index contributed by atoms with van der Waals surface area (Å²) in [5, 5.41) is 116. The minimum Gasteiger partial charge on any atom is -0.457 e. The van der Waals surface area contributed by atoms with Crippen LogP contribution in [0.25, 0.3) is 0 Å². The maximum absolute atomic E-state index is 9.77. The van der Waals surface area contributed by atoms with Crippen LogP contribution in [0.5, 0.6) is 69.0 Å². The molecule has 6 N–H and O–H groups in total. The molecule has 0 amide bonds. The van der Waals surface area contributed by atoms with Gasteiger partial charge in [-0.05, 0) is 319 Å². The van der Waals surface area contributed by atoms with Crippen molar-refractivity contribution in [1.82, 2.24) is 0 Å². The topological polar surface area (TPSA) is 375 Å². The Bertz CT molecular complexity index is 6760. The number of aryl methyl sites for hydroxylation is 10. The largest absolute Gasteiger partial charge is 0.492 e. The van der Waals surface area contributed by atoms with Crippen LogP contribution in [0.4, 0.5) is 0 Å². The second kappa shape index (κ2) is 42.3. The van der Waals surface area contributed by atoms with Gasteiger partial charge >= 0.3 is 42.7 Å². The molecule has 132 heavy (non-hydrogen) atoms. The zero-order valence-electron chi connectivity index (χ0n) is 73.1. The molecular weight excluding hydrogens is 1800 g/mol. The van der Waals surface area contributed by atoms with Gasteiger partial charge in [-0.25, -0.2) is 0 Å². The predicted molar refractivity (Wildman–Crippen MR) is 507 cm³/mol. The Kier molecular flexibility index (Phi) is 31.3. The molecule has 0 aromatic heterocycles. The number of fused-ring (bicyclic) bond motifs is 6. The number of rotatable bonds is 12. The van der Waals surface area contributed by atoms with E-state index in [1.54, 1.807) is 97.1 Å². The lowest BCUT2D eigenvalue weighted by Gasteiger charge is -2.13. The Morgan fingerprint density at radius 2 is 0.530 bits per heavy atom. The van der Waals surface area contributed by atoms with Crippen molar-refractivity contribution in [3.8, 4) is 105 Å². The van der Waals surface area contributed by atoms with Crippen LogP contribution in [-0.2, 0) is 67.6 Å². The summed E-state index contributed by atoms with van der Waals surface area (Å²) in [6, 6.07) is 54.6. The Hall–Kier alpha value is -12.0. The minimum absolute atomic E-state index is 0.345. The average molecular weight is 1880 g/mol. The van der Waals surface area contributed by atoms with Gasteiger partial charge in [-0.2, -0.15) is 31.6 Å². The lowest BCUT2D eigenvalue weighted by Crippen LogP contribution is -2.30. The molecule has 0 radical (unpaired) electrons. The molecule has 6 heterocycles. The number of nitrogens with zero attached hydrogens (tertiary/aromatic N) is 6. The zero-order chi connectivity index (χ0) is 95.1. The van der Waals surface area contributed by atoms with E-state index in [2.05, 4.69) is 36.4 Å². The molecule has 6 aliphatic rings. The molecule has 24 nitrogen and oxygen atoms in total. The van der Waals surface area contributed by atoms with Gasteiger partial charge in [0.2, 0.25) is 0 Å². The van der Waals surface area contributed by atoms with Crippen molar-refractivity contribution in [1.29, 1.82) is 31.6 Å². The van der Waals surface area contributed by atoms with Gasteiger partial charge in [0.05, 0.1) is 88.1 Å². The normalized spacial score (nSPS) is 13.0. The van der Waals surface area contributed by atoms with E-state index in [0.717, 1.165) is 133 Å². The second-order valence-corrected chi connectivity index (χ2v) is 34.0. The predicted octanol–water partition coefficient (Wildman–Crippen LogP) is 17.0. The highest BCUT2D eigenvalue weighted by atomic mass is 35.5. The number of hydrogen-bond acceptors (Lipinski definition) is 24. The smallest absolute Gasteiger partial charge is 0.457 e. The molecule has 0 unspecified atom stereocenters. The molecule has 0 saturated carbocycles. The molecule has 0 bridgehead atoms. The van der Waals surface area contributed by atoms with Crippen LogP contribution < -0.4 is 61.2 Å². The third-order valence-electron chi connectivity index (χ3n) is 22.4. The molecule has 0 atom stereocenters. The summed E-state index contributed by atoms with van der Waals surface area (Å²) >= 11 is 36.3. The van der Waals surface area contributed by atoms with E-state index >= 15 is 0 Å². The van der Waals surface area contributed by atoms with E-state index in [1.165, 1.54) is 0 Å². The fraction of sp³-hybridized carbons (Fsp3) is 0.188. The Morgan fingerprint density at radius 3 is 0.909 bits per heavy atom. The van der Waals surface area contributed by atoms with Crippen LogP contribution in [-0.4, -0.2) is 72.9 Å². The number of hydrogen-bond donors (Lipinski definition) is 6. The van der Waals surface area contributed by atoms with E-state index in [9.17, 15) is 45.9 Å². The molecule has 660 valence electrons. The summed E-state index contributed by atoms with van der Waals surface area (Å²) in [6.07, 6.45) is 0. The van der Waals surface area contributed by atoms with Gasteiger partial charge < -0.3 is 86.5 Å². The first kappa shape index (κ1) is 97.6. The standard InChI is InChI=1S/6C16H13BClNO3/c1-9-4-15(11(7-19)6-14(9)18)22-13-3-10(2)16-12(5-13)8-21-17(16)20;1-9-4-16(11(7-19)5-14(9)18)22-15-6-12-8-21-17(20)13(12)3-10(15)2;1-9-4-14-12(8-21-17(14)20)6-15(9)22-13-3-10(2)16(18)11(5-13)7-19;1-9-3-13(6-12-8-21-17(20)15(9)12)22-14-4-10(2)16(18)11(5-14)7-19;1-9-5-16(11(7-19)6-14(9)18)22-15-4-3-13-12(10(15)2)8-21-17(13)20;1-9-5-12(6-11(7-19)16(9)18)22-15-4-3-14-13(10(15)2)8-21-17(14)20/h6*3-6,20H,8H2,1-2H3. The van der Waals surface area contributed by atoms with E-state index in [4.69, 9.17) is 142 Å². The average Bonchev–Trinajstić information content (AvgIpc) is 1.63. The first-order valence-electron chi connectivity index (χ1n) is 40.8. The van der Waals surface area contributed by atoms with E-state index in [1.807, 2.05) is 132 Å². The van der Waals surface area contributed by atoms with Crippen LogP contribution in [0, 0.1) is 151 Å². The molecular formula is C96H78B6Cl6N6O18. The quantitative estimate of drug-likeness (QED) is 0.0619. The highest BCUT2D eigenvalue weighted by Crippen LogP contribution is 2.41. The van der Waals surface area contributed by atoms with E-state index in [0.29, 0.717) is 172 Å². The monoisotopic (exact) mass is 1880 g/mol. The zero-order valence-corrected chi connectivity index (χ0v) is 77.6. The van der Waals surface area contributed by atoms with Crippen molar-refractivity contribution in [2.75, 3.05) is 0 Å². The maximum atomic E-state index is 9.77. The SMILES string of the molecule is Cc1cc(Oc2cc(C)c3c(c2)COB3O)c(C#N)cc1Cl.Cc1cc(Oc2cc(C)c3c(c2)COB3O)cc(C#N)c1Cl.Cc1cc(Oc2cc3c(cc2C)B(O)OC3)c(C#N)cc1Cl.Cc1cc(Oc2ccc3c(c2C)COB3O)c(C#N)cc1Cl.Cc1cc(Oc2ccc3c(c2C)COB3O)cc(C#N)c1Cl.Cc1cc2c(cc1Oc1cc(C)c(Cl)c(C#N)c1)COB2O. The van der Waals surface area contributed by atoms with Crippen LogP contribution in [0.15, 0.2) is 146 Å². The summed E-state index contributed by atoms with van der Waals surface area (Å²) in [6.45, 7) is 24.6. The van der Waals surface area contributed by atoms with Gasteiger partial charge in [0, 0.05) is 33.3 Å². The van der Waals surface area contributed by atoms with Gasteiger partial charge in [-0.3, -0.25) is 0 Å². The number of benzene rings is 12. The van der Waals surface area contributed by atoms with Crippen LogP contribution in [0.2, 0.25) is 30.1 Å². The summed E-state index contributed by atoms with van der Waals surface area (Å²) in [7, 11) is -5.25. The van der Waals surface area contributed by atoms with Gasteiger partial charge in [0.15, 0.2) is 0 Å². The molecule has 12 aromatic rings. The van der Waals surface area contributed by atoms with Crippen molar-refractivity contribution in [2.24, 2.45) is 0 Å². The van der Waals surface area contributed by atoms with Crippen molar-refractivity contribution in [3.63, 3.8) is 0 Å². The lowest BCUT2D eigenvalue weighted by molar-refractivity contribution is 0.274. The summed E-state index contributed by atoms with van der Waals surface area (Å²) in [4.78, 5) is 0. The summed E-state index contributed by atoms with van der Waals surface area (Å²) in [5.74, 6) is 6.90. The minimum atomic E-state index is -0.879. The highest BCUT2D eigenvalue weighted by molar-refractivity contribution is 6.64. The molecule has 0 saturated heterocycles. The molecule has 12 aromatic carbocycles. The van der Waals surface area contributed by atoms with Gasteiger partial charge in [0.25, 0.3) is 0 Å². The molecule has 18 rings (SSSR count). The van der Waals surface area contributed by atoms with E-state index in [-0.39, 0.29) is 0 Å². The van der Waals surface area contributed by atoms with Crippen molar-refractivity contribution in [3.05, 3.63) is 309 Å². The third kappa shape index (κ3) is 21.8. The Morgan fingerprint density at radius 1 is 0.250 bits per heavy atom. The first-order valence-corrected chi connectivity index (χ1v) is 43.1. The molecule has 6 aliphatic heterocycles. The fourth-order valence-electron chi connectivity index (χ4n) is 15.1. The second-order valence-electron chi connectivity index (χ2n) is 31.6. The van der Waals surface area contributed by atoms with Gasteiger partial charge in [-0.1, -0.05) is 93.9 Å². The third-order valence-corrected chi connectivity index (χ3v) is 25.1. The highest BCUT2D eigenvalue weighted by Gasteiger charge is 2.36. The van der Waals surface area contributed by atoms with Crippen LogP contribution >= 0.6 is 69.6 Å². The maximum Gasteiger partial charge on any atom is 0.492 e. The lowest BCUT2D eigenvalue weighted by atomic mass is 9.76. The van der Waals surface area contributed by atoms with Crippen LogP contribution in [0.1, 0.15) is 134 Å². The molecule has 0 fully saturated rings. The number of nitriles is 6. The molecule has 0 spiro atoms. The Labute approximate surface area is 794 Å². The summed E-state index contributed by atoms with van der Waals surface area (Å²) < 4.78 is 66.6. The molecule has 36 heteroatoms. The summed E-state index contributed by atoms with van der Waals surface area (Å²) in [5.41, 5.74) is 22.6. The number of halogens is 6. The first-order chi connectivity index (χ1) is 63.0. The van der Waals surface area contributed by atoms with Crippen molar-refractivity contribution >= 4 is 145 Å². The van der Waals surface area contributed by atoms with Gasteiger partial charge in [-0.15, -0.1) is 0 Å². The van der Waals surface area contributed by atoms with E-state index < -0.39 is 42.7 Å². The van der Waals surface area contributed by atoms with Crippen LogP contribution in [0.3, 0.4) is 0 Å². The van der Waals surface area contributed by atoms with Crippen molar-refractivity contribution < 1.29 is 86.5 Å². The number of ether oxygens (including phenoxy) is 6. The van der Waals surface area contributed by atoms with Crippen molar-refractivity contribution in [2.45, 2.75) is 123 Å². The fourth-order valence-corrected chi connectivity index (χ4v) is 16.1. The molecule has 0 aliphatic carbocycles. The van der Waals surface area contributed by atoms with Gasteiger partial charge in [0.1, 0.15) is 105 Å².